The molecule has 0 N–H and O–H groups in total. The molecule has 0 aromatic heterocycles. The predicted octanol–water partition coefficient (Wildman–Crippen LogP) is 10.0. The quantitative estimate of drug-likeness (QED) is 0.121. The van der Waals surface area contributed by atoms with Crippen molar-refractivity contribution in [2.24, 2.45) is 5.92 Å². The first-order valence-corrected chi connectivity index (χ1v) is 21.1. The Labute approximate surface area is 319 Å². The van der Waals surface area contributed by atoms with Crippen molar-refractivity contribution in [3.8, 4) is 0 Å². The highest BCUT2D eigenvalue weighted by Crippen LogP contribution is 2.69. The number of benzene rings is 9. The summed E-state index contributed by atoms with van der Waals surface area (Å²) in [6.07, 6.45) is 3.33. The molecule has 4 aliphatic carbocycles. The molecule has 1 saturated heterocycles. The molecule has 1 heterocycles. The maximum atomic E-state index is 6.30. The summed E-state index contributed by atoms with van der Waals surface area (Å²) >= 11 is 0. The molecule has 56 heavy (non-hydrogen) atoms. The number of nitrogens with zero attached hydrogens (tertiary/aromatic N) is 1. The van der Waals surface area contributed by atoms with E-state index in [2.05, 4.69) is 66.4 Å². The van der Waals surface area contributed by atoms with Gasteiger partial charge in [-0.2, -0.15) is 0 Å². The van der Waals surface area contributed by atoms with Gasteiger partial charge >= 0.3 is 0 Å². The maximum absolute atomic E-state index is 6.30. The van der Waals surface area contributed by atoms with Gasteiger partial charge < -0.3 is 9.47 Å². The molecule has 18 rings (SSSR count). The molecule has 3 heteroatoms. The van der Waals surface area contributed by atoms with Crippen LogP contribution in [0.15, 0.2) is 54.6 Å². The van der Waals surface area contributed by atoms with E-state index in [1.807, 2.05) is 0 Å². The SMILES string of the molecule is COCCOCCN1CC23Cc4cc5cc6cc7cc8cc9c%10c%11c%12c(c%13c2c4c2c5c4c6c7c5c8c%10c6c%12c%13c2c4c56)=C(CC=%11C9)C3C1c1ccccc1C. The lowest BCUT2D eigenvalue weighted by atomic mass is 9.61. The van der Waals surface area contributed by atoms with E-state index < -0.39 is 0 Å². The van der Waals surface area contributed by atoms with Gasteiger partial charge in [-0.25, -0.2) is 0 Å². The Morgan fingerprint density at radius 3 is 1.98 bits per heavy atom. The van der Waals surface area contributed by atoms with E-state index in [1.165, 1.54) is 32.7 Å². The van der Waals surface area contributed by atoms with Crippen LogP contribution < -0.4 is 10.4 Å². The monoisotopic (exact) mass is 715 g/mol. The molecule has 3 nitrogen and oxygen atoms in total. The molecule has 0 bridgehead atoms. The molecule has 13 aromatic rings. The molecule has 1 spiro atoms. The second-order valence-corrected chi connectivity index (χ2v) is 19.1. The molecular formula is C53H33NO2. The molecule has 5 aliphatic rings. The van der Waals surface area contributed by atoms with Gasteiger partial charge in [0.15, 0.2) is 0 Å². The van der Waals surface area contributed by atoms with E-state index in [9.17, 15) is 0 Å². The molecule has 3 unspecified atom stereocenters. The lowest BCUT2D eigenvalue weighted by molar-refractivity contribution is 0.0539. The van der Waals surface area contributed by atoms with Crippen LogP contribution >= 0.6 is 0 Å². The van der Waals surface area contributed by atoms with E-state index in [0.717, 1.165) is 39.0 Å². The first kappa shape index (κ1) is 27.3. The van der Waals surface area contributed by atoms with Gasteiger partial charge in [-0.3, -0.25) is 4.90 Å². The minimum Gasteiger partial charge on any atom is -0.382 e. The van der Waals surface area contributed by atoms with Crippen LogP contribution in [0.4, 0.5) is 0 Å². The van der Waals surface area contributed by atoms with Crippen molar-refractivity contribution in [1.29, 1.82) is 0 Å². The number of methoxy groups -OCH3 is 1. The third-order valence-corrected chi connectivity index (χ3v) is 17.3. The Balaban J connectivity index is 1.12. The van der Waals surface area contributed by atoms with Crippen LogP contribution in [0.25, 0.3) is 130 Å². The molecule has 262 valence electrons. The summed E-state index contributed by atoms with van der Waals surface area (Å²) < 4.78 is 11.7. The Hall–Kier alpha value is -5.32. The van der Waals surface area contributed by atoms with Crippen LogP contribution in [-0.2, 0) is 27.7 Å². The third kappa shape index (κ3) is 2.31. The molecular weight excluding hydrogens is 683 g/mol. The molecule has 3 atom stereocenters. The number of aryl methyl sites for hydroxylation is 1. The summed E-state index contributed by atoms with van der Waals surface area (Å²) in [4.78, 5) is 2.88. The fourth-order valence-corrected chi connectivity index (χ4v) is 16.1. The number of rotatable bonds is 7. The normalized spacial score (nSPS) is 23.2. The summed E-state index contributed by atoms with van der Waals surface area (Å²) in [5, 5.41) is 38.1. The Morgan fingerprint density at radius 1 is 0.607 bits per heavy atom. The zero-order chi connectivity index (χ0) is 35.6. The molecule has 13 aromatic carbocycles. The predicted molar refractivity (Wildman–Crippen MR) is 231 cm³/mol. The van der Waals surface area contributed by atoms with Crippen LogP contribution in [0.5, 0.6) is 0 Å². The van der Waals surface area contributed by atoms with E-state index in [0.29, 0.717) is 25.2 Å². The van der Waals surface area contributed by atoms with E-state index >= 15 is 0 Å². The molecule has 0 radical (unpaired) electrons. The highest BCUT2D eigenvalue weighted by molar-refractivity contribution is 6.63. The third-order valence-electron chi connectivity index (χ3n) is 17.3. The second-order valence-electron chi connectivity index (χ2n) is 19.1. The van der Waals surface area contributed by atoms with Gasteiger partial charge in [-0.15, -0.1) is 0 Å². The Morgan fingerprint density at radius 2 is 1.23 bits per heavy atom. The lowest BCUT2D eigenvalue weighted by Gasteiger charge is -2.40. The summed E-state index contributed by atoms with van der Waals surface area (Å²) in [5.41, 5.74) is 11.3. The van der Waals surface area contributed by atoms with Crippen LogP contribution in [0.3, 0.4) is 0 Å². The number of ether oxygens (including phenoxy) is 2. The van der Waals surface area contributed by atoms with Crippen molar-refractivity contribution in [2.75, 3.05) is 40.0 Å². The zero-order valence-corrected chi connectivity index (χ0v) is 31.3. The second kappa shape index (κ2) is 7.95. The zero-order valence-electron chi connectivity index (χ0n) is 31.3. The van der Waals surface area contributed by atoms with Crippen molar-refractivity contribution in [3.63, 3.8) is 0 Å². The van der Waals surface area contributed by atoms with Gasteiger partial charge in [0.25, 0.3) is 0 Å². The minimum atomic E-state index is 0.0128. The van der Waals surface area contributed by atoms with Gasteiger partial charge in [0.2, 0.25) is 0 Å². The van der Waals surface area contributed by atoms with Gasteiger partial charge in [0.1, 0.15) is 0 Å². The minimum absolute atomic E-state index is 0.0128. The lowest BCUT2D eigenvalue weighted by Crippen LogP contribution is -2.42. The number of fused-ring (bicyclic) bond motifs is 1. The average Bonchev–Trinajstić information content (AvgIpc) is 4.05. The van der Waals surface area contributed by atoms with Gasteiger partial charge in [-0.05, 0) is 201 Å². The van der Waals surface area contributed by atoms with E-state index in [-0.39, 0.29) is 5.41 Å². The van der Waals surface area contributed by atoms with Crippen molar-refractivity contribution < 1.29 is 9.47 Å². The summed E-state index contributed by atoms with van der Waals surface area (Å²) in [7, 11) is 1.77. The van der Waals surface area contributed by atoms with Crippen molar-refractivity contribution >= 4 is 130 Å². The summed E-state index contributed by atoms with van der Waals surface area (Å²) in [6, 6.07) is 22.7. The van der Waals surface area contributed by atoms with Gasteiger partial charge in [0.05, 0.1) is 19.8 Å². The molecule has 1 aliphatic heterocycles. The number of hydrogen-bond acceptors (Lipinski definition) is 3. The Kier molecular flexibility index (Phi) is 3.88. The van der Waals surface area contributed by atoms with Crippen LogP contribution in [0.2, 0.25) is 0 Å². The van der Waals surface area contributed by atoms with Crippen molar-refractivity contribution in [3.05, 3.63) is 92.9 Å². The van der Waals surface area contributed by atoms with E-state index in [1.54, 1.807) is 142 Å². The van der Waals surface area contributed by atoms with Crippen molar-refractivity contribution in [2.45, 2.75) is 37.6 Å². The van der Waals surface area contributed by atoms with Crippen LogP contribution in [0.1, 0.15) is 40.3 Å². The van der Waals surface area contributed by atoms with Gasteiger partial charge in [0, 0.05) is 37.6 Å². The fourth-order valence-electron chi connectivity index (χ4n) is 16.1. The van der Waals surface area contributed by atoms with Crippen molar-refractivity contribution in [1.82, 2.24) is 4.90 Å². The fraction of sp³-hybridized carbons (Fsp3) is 0.245. The van der Waals surface area contributed by atoms with Crippen LogP contribution in [0, 0.1) is 12.8 Å². The largest absolute Gasteiger partial charge is 0.382 e. The van der Waals surface area contributed by atoms with E-state index in [4.69, 9.17) is 9.47 Å². The smallest absolute Gasteiger partial charge is 0.0700 e. The number of likely N-dealkylation sites (tertiary alicyclic amines) is 1. The number of hydrogen-bond donors (Lipinski definition) is 0. The summed E-state index contributed by atoms with van der Waals surface area (Å²) in [6.45, 7) is 6.38. The molecule has 1 fully saturated rings. The Bertz CT molecular complexity index is 4100. The van der Waals surface area contributed by atoms with Crippen LogP contribution in [-0.4, -0.2) is 44.9 Å². The molecule has 0 amide bonds. The topological polar surface area (TPSA) is 21.7 Å². The average molecular weight is 716 g/mol. The first-order valence-electron chi connectivity index (χ1n) is 21.1. The highest BCUT2D eigenvalue weighted by atomic mass is 16.5. The molecule has 0 saturated carbocycles. The maximum Gasteiger partial charge on any atom is 0.0700 e. The highest BCUT2D eigenvalue weighted by Gasteiger charge is 2.61. The summed E-state index contributed by atoms with van der Waals surface area (Å²) in [5.74, 6) is 0.402. The standard InChI is InChI=1S/C53H33NO2/c1-20-5-3-4-6-28(20)52-50-29-17-26-15-23-13-24-12-21-11-22-14-25-16-27-18-53(50,19-54(52)7-8-56-10-9-55-2)51-36(27)41-35(25)40-31(22)30(21)38-34(24)39-32(23)33(26)42-37(29)49(51)48-46(41)44(40)43(38)45(39)47(42)48/h3-6,11-14,16,50,52H,7-10,15,17-19H2,1-2H3. The van der Waals surface area contributed by atoms with Gasteiger partial charge in [-0.1, -0.05) is 47.5 Å². The first-order chi connectivity index (χ1) is 27.7.